The van der Waals surface area contributed by atoms with Gasteiger partial charge in [-0.05, 0) is 43.5 Å². The van der Waals surface area contributed by atoms with Crippen molar-refractivity contribution < 1.29 is 9.53 Å². The van der Waals surface area contributed by atoms with Crippen LogP contribution in [0.4, 0.5) is 10.6 Å². The highest BCUT2D eigenvalue weighted by atomic mass is 16.5. The molecule has 1 aromatic carbocycles. The molecule has 1 aliphatic rings. The van der Waals surface area contributed by atoms with Gasteiger partial charge in [0, 0.05) is 25.8 Å². The zero-order valence-corrected chi connectivity index (χ0v) is 15.2. The fourth-order valence-electron chi connectivity index (χ4n) is 2.87. The van der Waals surface area contributed by atoms with Crippen molar-refractivity contribution in [3.8, 4) is 5.75 Å². The van der Waals surface area contributed by atoms with E-state index in [0.29, 0.717) is 19.7 Å². The van der Waals surface area contributed by atoms with E-state index in [9.17, 15) is 4.79 Å². The molecule has 3 rings (SSSR count). The second-order valence-electron chi connectivity index (χ2n) is 6.49. The number of urea groups is 1. The van der Waals surface area contributed by atoms with Gasteiger partial charge in [0.15, 0.2) is 0 Å². The van der Waals surface area contributed by atoms with Gasteiger partial charge < -0.3 is 20.3 Å². The number of amides is 2. The molecule has 2 N–H and O–H groups in total. The normalized spacial score (nSPS) is 13.5. The summed E-state index contributed by atoms with van der Waals surface area (Å²) in [6.45, 7) is 5.53. The molecule has 138 valence electrons. The first-order chi connectivity index (χ1) is 12.7. The number of benzene rings is 1. The molecule has 0 atom stereocenters. The van der Waals surface area contributed by atoms with Gasteiger partial charge in [0.25, 0.3) is 0 Å². The fraction of sp³-hybridized carbons (Fsp3) is 0.400. The molecule has 2 amide bonds. The Kier molecular flexibility index (Phi) is 6.30. The van der Waals surface area contributed by atoms with Gasteiger partial charge in [-0.3, -0.25) is 0 Å². The largest absolute Gasteiger partial charge is 0.492 e. The Morgan fingerprint density at radius 2 is 1.88 bits per heavy atom. The Morgan fingerprint density at radius 3 is 2.58 bits per heavy atom. The van der Waals surface area contributed by atoms with Crippen molar-refractivity contribution in [1.29, 1.82) is 0 Å². The Hall–Kier alpha value is -2.76. The third kappa shape index (κ3) is 5.37. The number of carbonyl (C=O) groups excluding carboxylic acids is 1. The highest BCUT2D eigenvalue weighted by Gasteiger charge is 2.12. The molecule has 6 heteroatoms. The Balaban J connectivity index is 1.32. The van der Waals surface area contributed by atoms with Gasteiger partial charge in [0.1, 0.15) is 18.2 Å². The average Bonchev–Trinajstić information content (AvgIpc) is 3.20. The van der Waals surface area contributed by atoms with Gasteiger partial charge >= 0.3 is 6.03 Å². The molecule has 6 nitrogen and oxygen atoms in total. The highest BCUT2D eigenvalue weighted by molar-refractivity contribution is 5.73. The zero-order chi connectivity index (χ0) is 18.2. The van der Waals surface area contributed by atoms with Crippen LogP contribution in [0.2, 0.25) is 0 Å². The van der Waals surface area contributed by atoms with Crippen LogP contribution in [0, 0.1) is 6.92 Å². The summed E-state index contributed by atoms with van der Waals surface area (Å²) in [5.41, 5.74) is 2.18. The van der Waals surface area contributed by atoms with Crippen LogP contribution in [0.25, 0.3) is 0 Å². The molecule has 0 unspecified atom stereocenters. The Bertz CT molecular complexity index is 695. The number of carbonyl (C=O) groups is 1. The number of nitrogens with one attached hydrogen (secondary N) is 2. The van der Waals surface area contributed by atoms with E-state index in [1.165, 1.54) is 18.4 Å². The summed E-state index contributed by atoms with van der Waals surface area (Å²) in [4.78, 5) is 18.6. The maximum Gasteiger partial charge on any atom is 0.315 e. The van der Waals surface area contributed by atoms with Crippen molar-refractivity contribution in [2.24, 2.45) is 0 Å². The van der Waals surface area contributed by atoms with Crippen LogP contribution in [0.1, 0.15) is 24.0 Å². The summed E-state index contributed by atoms with van der Waals surface area (Å²) in [7, 11) is 0. The highest BCUT2D eigenvalue weighted by Crippen LogP contribution is 2.17. The molecule has 0 spiro atoms. The van der Waals surface area contributed by atoms with Crippen LogP contribution in [0.3, 0.4) is 0 Å². The lowest BCUT2D eigenvalue weighted by Crippen LogP contribution is -2.37. The van der Waals surface area contributed by atoms with Crippen molar-refractivity contribution in [2.75, 3.05) is 31.1 Å². The number of anilines is 1. The predicted octanol–water partition coefficient (Wildman–Crippen LogP) is 2.87. The summed E-state index contributed by atoms with van der Waals surface area (Å²) in [5, 5.41) is 5.62. The first-order valence-corrected chi connectivity index (χ1v) is 9.12. The van der Waals surface area contributed by atoms with E-state index < -0.39 is 0 Å². The summed E-state index contributed by atoms with van der Waals surface area (Å²) in [5.74, 6) is 1.82. The summed E-state index contributed by atoms with van der Waals surface area (Å²) >= 11 is 0. The maximum atomic E-state index is 11.8. The summed E-state index contributed by atoms with van der Waals surface area (Å²) < 4.78 is 5.58. The van der Waals surface area contributed by atoms with Crippen molar-refractivity contribution in [3.05, 3.63) is 53.7 Å². The lowest BCUT2D eigenvalue weighted by Gasteiger charge is -2.16. The molecule has 1 aliphatic heterocycles. The average molecular weight is 354 g/mol. The summed E-state index contributed by atoms with van der Waals surface area (Å²) in [6, 6.07) is 11.7. The van der Waals surface area contributed by atoms with Crippen LogP contribution in [0.15, 0.2) is 42.6 Å². The van der Waals surface area contributed by atoms with Crippen molar-refractivity contribution >= 4 is 11.8 Å². The van der Waals surface area contributed by atoms with Crippen molar-refractivity contribution in [1.82, 2.24) is 15.6 Å². The number of ether oxygens (including phenoxy) is 1. The third-order valence-electron chi connectivity index (χ3n) is 4.37. The second kappa shape index (κ2) is 9.08. The number of aromatic nitrogens is 1. The molecule has 0 radical (unpaired) electrons. The van der Waals surface area contributed by atoms with Gasteiger partial charge in [0.05, 0.1) is 6.54 Å². The second-order valence-corrected chi connectivity index (χ2v) is 6.49. The lowest BCUT2D eigenvalue weighted by atomic mass is 10.2. The van der Waals surface area contributed by atoms with E-state index in [0.717, 1.165) is 30.2 Å². The molecule has 1 aromatic heterocycles. The minimum Gasteiger partial charge on any atom is -0.492 e. The first kappa shape index (κ1) is 18.0. The first-order valence-electron chi connectivity index (χ1n) is 9.12. The molecule has 2 heterocycles. The van der Waals surface area contributed by atoms with Crippen LogP contribution in [0.5, 0.6) is 5.75 Å². The third-order valence-corrected chi connectivity index (χ3v) is 4.37. The number of hydrogen-bond donors (Lipinski definition) is 2. The number of rotatable bonds is 7. The van der Waals surface area contributed by atoms with Crippen LogP contribution in [-0.2, 0) is 6.54 Å². The molecule has 0 bridgehead atoms. The quantitative estimate of drug-likeness (QED) is 0.751. The van der Waals surface area contributed by atoms with E-state index in [1.807, 2.05) is 49.5 Å². The van der Waals surface area contributed by atoms with E-state index in [-0.39, 0.29) is 6.03 Å². The predicted molar refractivity (Wildman–Crippen MR) is 103 cm³/mol. The molecular weight excluding hydrogens is 328 g/mol. The minimum absolute atomic E-state index is 0.207. The van der Waals surface area contributed by atoms with E-state index in [2.05, 4.69) is 20.5 Å². The van der Waals surface area contributed by atoms with Crippen molar-refractivity contribution in [2.45, 2.75) is 26.3 Å². The molecule has 2 aromatic rings. The number of aryl methyl sites for hydroxylation is 1. The molecule has 26 heavy (non-hydrogen) atoms. The standard InChI is InChI=1S/C20H26N4O2/c1-16-4-7-18(8-5-16)26-13-10-21-20(25)23-15-17-6-9-19(22-14-17)24-11-2-3-12-24/h4-9,14H,2-3,10-13,15H2,1H3,(H2,21,23,25). The number of nitrogens with zero attached hydrogens (tertiary/aromatic N) is 2. The SMILES string of the molecule is Cc1ccc(OCCNC(=O)NCc2ccc(N3CCCC3)nc2)cc1. The van der Waals surface area contributed by atoms with E-state index >= 15 is 0 Å². The topological polar surface area (TPSA) is 66.5 Å². The smallest absolute Gasteiger partial charge is 0.315 e. The maximum absolute atomic E-state index is 11.8. The Morgan fingerprint density at radius 1 is 1.12 bits per heavy atom. The monoisotopic (exact) mass is 354 g/mol. The van der Waals surface area contributed by atoms with Gasteiger partial charge in [0.2, 0.25) is 0 Å². The van der Waals surface area contributed by atoms with Gasteiger partial charge in [-0.1, -0.05) is 23.8 Å². The van der Waals surface area contributed by atoms with Gasteiger partial charge in [-0.2, -0.15) is 0 Å². The zero-order valence-electron chi connectivity index (χ0n) is 15.2. The summed E-state index contributed by atoms with van der Waals surface area (Å²) in [6.07, 6.45) is 4.30. The van der Waals surface area contributed by atoms with E-state index in [4.69, 9.17) is 4.74 Å². The number of hydrogen-bond acceptors (Lipinski definition) is 4. The minimum atomic E-state index is -0.207. The molecule has 1 fully saturated rings. The van der Waals surface area contributed by atoms with Crippen LogP contribution < -0.4 is 20.3 Å². The number of pyridine rings is 1. The molecule has 0 saturated carbocycles. The van der Waals surface area contributed by atoms with Crippen LogP contribution in [-0.4, -0.2) is 37.3 Å². The molecule has 0 aliphatic carbocycles. The lowest BCUT2D eigenvalue weighted by molar-refractivity contribution is 0.236. The van der Waals surface area contributed by atoms with Crippen molar-refractivity contribution in [3.63, 3.8) is 0 Å². The molecular formula is C20H26N4O2. The van der Waals surface area contributed by atoms with Crippen LogP contribution >= 0.6 is 0 Å². The fourth-order valence-corrected chi connectivity index (χ4v) is 2.87. The Labute approximate surface area is 154 Å². The molecule has 1 saturated heterocycles. The van der Waals surface area contributed by atoms with E-state index in [1.54, 1.807) is 0 Å². The van der Waals surface area contributed by atoms with Gasteiger partial charge in [-0.25, -0.2) is 9.78 Å². The van der Waals surface area contributed by atoms with Gasteiger partial charge in [-0.15, -0.1) is 0 Å².